The monoisotopic (exact) mass is 389 g/mol. The highest BCUT2D eigenvalue weighted by Crippen LogP contribution is 2.17. The summed E-state index contributed by atoms with van der Waals surface area (Å²) in [4.78, 5) is 18.7. The fourth-order valence-corrected chi connectivity index (χ4v) is 3.24. The van der Waals surface area contributed by atoms with E-state index in [1.807, 2.05) is 6.07 Å². The first kappa shape index (κ1) is 20.5. The number of nitrogens with one attached hydrogen (secondary N) is 1. The molecule has 0 saturated carbocycles. The fraction of sp³-hybridized carbons (Fsp3) is 0.524. The molecule has 2 atom stereocenters. The van der Waals surface area contributed by atoms with Crippen molar-refractivity contribution in [2.24, 2.45) is 0 Å². The van der Waals surface area contributed by atoms with E-state index in [1.165, 1.54) is 12.3 Å². The van der Waals surface area contributed by atoms with Crippen LogP contribution in [0.4, 0.5) is 4.39 Å². The number of hydrogen-bond acceptors (Lipinski definition) is 5. The first-order chi connectivity index (χ1) is 13.6. The van der Waals surface area contributed by atoms with Gasteiger partial charge in [0.2, 0.25) is 5.89 Å². The van der Waals surface area contributed by atoms with Crippen LogP contribution in [-0.4, -0.2) is 41.1 Å². The molecule has 1 amide bonds. The summed E-state index contributed by atoms with van der Waals surface area (Å²) in [6, 6.07) is 6.97. The summed E-state index contributed by atoms with van der Waals surface area (Å²) in [5.74, 6) is -0.0500. The summed E-state index contributed by atoms with van der Waals surface area (Å²) in [5.41, 5.74) is 0.881. The molecule has 1 N–H and O–H groups in total. The minimum Gasteiger partial charge on any atom is -0.447 e. The smallest absolute Gasteiger partial charge is 0.273 e. The van der Waals surface area contributed by atoms with Gasteiger partial charge in [-0.05, 0) is 32.3 Å². The SMILES string of the molecule is CCC(C)N(Cc1nc(C(=O)NCC2CCCO2)co1)Cc1ccccc1F. The second-order valence-corrected chi connectivity index (χ2v) is 7.23. The molecule has 1 aliphatic rings. The second kappa shape index (κ2) is 9.80. The molecule has 2 heterocycles. The van der Waals surface area contributed by atoms with Crippen molar-refractivity contribution in [1.29, 1.82) is 0 Å². The summed E-state index contributed by atoms with van der Waals surface area (Å²) in [5, 5.41) is 2.84. The maximum Gasteiger partial charge on any atom is 0.273 e. The van der Waals surface area contributed by atoms with Gasteiger partial charge in [0.25, 0.3) is 5.91 Å². The Bertz CT molecular complexity index is 774. The van der Waals surface area contributed by atoms with Crippen molar-refractivity contribution in [1.82, 2.24) is 15.2 Å². The van der Waals surface area contributed by atoms with Gasteiger partial charge < -0.3 is 14.5 Å². The number of benzene rings is 1. The average molecular weight is 389 g/mol. The molecule has 0 radical (unpaired) electrons. The fourth-order valence-electron chi connectivity index (χ4n) is 3.24. The van der Waals surface area contributed by atoms with Crippen LogP contribution in [-0.2, 0) is 17.8 Å². The molecule has 1 aliphatic heterocycles. The van der Waals surface area contributed by atoms with E-state index < -0.39 is 0 Å². The third-order valence-corrected chi connectivity index (χ3v) is 5.18. The number of halogens is 1. The van der Waals surface area contributed by atoms with Crippen LogP contribution in [0.3, 0.4) is 0 Å². The molecule has 3 rings (SSSR count). The summed E-state index contributed by atoms with van der Waals surface area (Å²) >= 11 is 0. The van der Waals surface area contributed by atoms with Crippen molar-refractivity contribution in [3.05, 3.63) is 53.5 Å². The molecule has 2 unspecified atom stereocenters. The molecule has 0 bridgehead atoms. The van der Waals surface area contributed by atoms with Crippen LogP contribution in [0, 0.1) is 5.82 Å². The van der Waals surface area contributed by atoms with E-state index >= 15 is 0 Å². The minimum absolute atomic E-state index is 0.0805. The summed E-state index contributed by atoms with van der Waals surface area (Å²) in [6.45, 7) is 6.25. The van der Waals surface area contributed by atoms with Crippen molar-refractivity contribution >= 4 is 5.91 Å². The Morgan fingerprint density at radius 1 is 1.39 bits per heavy atom. The third-order valence-electron chi connectivity index (χ3n) is 5.18. The zero-order chi connectivity index (χ0) is 19.9. The Morgan fingerprint density at radius 3 is 2.93 bits per heavy atom. The van der Waals surface area contributed by atoms with E-state index in [0.29, 0.717) is 31.1 Å². The zero-order valence-corrected chi connectivity index (χ0v) is 16.5. The average Bonchev–Trinajstić information content (AvgIpc) is 3.38. The maximum atomic E-state index is 14.1. The van der Waals surface area contributed by atoms with E-state index in [1.54, 1.807) is 12.1 Å². The van der Waals surface area contributed by atoms with E-state index in [9.17, 15) is 9.18 Å². The van der Waals surface area contributed by atoms with Crippen LogP contribution in [0.5, 0.6) is 0 Å². The van der Waals surface area contributed by atoms with Crippen molar-refractivity contribution < 1.29 is 18.3 Å². The van der Waals surface area contributed by atoms with Crippen LogP contribution in [0.25, 0.3) is 0 Å². The predicted octanol–water partition coefficient (Wildman–Crippen LogP) is 3.52. The van der Waals surface area contributed by atoms with Gasteiger partial charge in [0.05, 0.1) is 12.6 Å². The topological polar surface area (TPSA) is 67.6 Å². The van der Waals surface area contributed by atoms with E-state index in [0.717, 1.165) is 25.9 Å². The summed E-state index contributed by atoms with van der Waals surface area (Å²) in [7, 11) is 0. The molecule has 1 fully saturated rings. The molecule has 1 aromatic heterocycles. The van der Waals surface area contributed by atoms with Crippen molar-refractivity contribution in [3.8, 4) is 0 Å². The molecular formula is C21H28FN3O3. The van der Waals surface area contributed by atoms with Crippen LogP contribution in [0.1, 0.15) is 55.1 Å². The molecule has 152 valence electrons. The molecule has 6 nitrogen and oxygen atoms in total. The van der Waals surface area contributed by atoms with Gasteiger partial charge in [-0.2, -0.15) is 0 Å². The highest BCUT2D eigenvalue weighted by molar-refractivity contribution is 5.91. The minimum atomic E-state index is -0.269. The van der Waals surface area contributed by atoms with E-state index in [2.05, 4.69) is 29.0 Å². The number of carbonyl (C=O) groups is 1. The van der Waals surface area contributed by atoms with Gasteiger partial charge in [-0.15, -0.1) is 0 Å². The highest BCUT2D eigenvalue weighted by Gasteiger charge is 2.21. The van der Waals surface area contributed by atoms with Gasteiger partial charge in [-0.1, -0.05) is 25.1 Å². The Balaban J connectivity index is 1.61. The largest absolute Gasteiger partial charge is 0.447 e. The van der Waals surface area contributed by atoms with Crippen LogP contribution < -0.4 is 5.32 Å². The lowest BCUT2D eigenvalue weighted by atomic mass is 10.1. The first-order valence-electron chi connectivity index (χ1n) is 9.88. The lowest BCUT2D eigenvalue weighted by molar-refractivity contribution is 0.0853. The van der Waals surface area contributed by atoms with Crippen LogP contribution in [0.15, 0.2) is 34.9 Å². The molecule has 28 heavy (non-hydrogen) atoms. The van der Waals surface area contributed by atoms with Gasteiger partial charge in [0.15, 0.2) is 5.69 Å². The number of carbonyl (C=O) groups excluding carboxylic acids is 1. The van der Waals surface area contributed by atoms with Gasteiger partial charge >= 0.3 is 0 Å². The Hall–Kier alpha value is -2.25. The second-order valence-electron chi connectivity index (χ2n) is 7.23. The third kappa shape index (κ3) is 5.39. The lowest BCUT2D eigenvalue weighted by Crippen LogP contribution is -2.33. The zero-order valence-electron chi connectivity index (χ0n) is 16.5. The Morgan fingerprint density at radius 2 is 2.21 bits per heavy atom. The predicted molar refractivity (Wildman–Crippen MR) is 103 cm³/mol. The van der Waals surface area contributed by atoms with Crippen molar-refractivity contribution in [2.45, 2.75) is 58.3 Å². The number of nitrogens with zero attached hydrogens (tertiary/aromatic N) is 2. The summed E-state index contributed by atoms with van der Waals surface area (Å²) in [6.07, 6.45) is 4.35. The number of hydrogen-bond donors (Lipinski definition) is 1. The van der Waals surface area contributed by atoms with Gasteiger partial charge in [-0.3, -0.25) is 9.69 Å². The van der Waals surface area contributed by atoms with Crippen LogP contribution in [0.2, 0.25) is 0 Å². The number of aromatic nitrogens is 1. The van der Waals surface area contributed by atoms with E-state index in [-0.39, 0.29) is 29.6 Å². The molecule has 2 aromatic rings. The Kier molecular flexibility index (Phi) is 7.17. The van der Waals surface area contributed by atoms with Crippen molar-refractivity contribution in [3.63, 3.8) is 0 Å². The number of amides is 1. The molecule has 0 aliphatic carbocycles. The Labute approximate surface area is 165 Å². The maximum absolute atomic E-state index is 14.1. The number of oxazole rings is 1. The summed E-state index contributed by atoms with van der Waals surface area (Å²) < 4.78 is 25.1. The first-order valence-corrected chi connectivity index (χ1v) is 9.88. The molecule has 1 aromatic carbocycles. The van der Waals surface area contributed by atoms with E-state index in [4.69, 9.17) is 9.15 Å². The normalized spacial score (nSPS) is 17.8. The van der Waals surface area contributed by atoms with Gasteiger partial charge in [0.1, 0.15) is 12.1 Å². The standard InChI is InChI=1S/C21H28FN3O3/c1-3-15(2)25(12-16-7-4-5-9-18(16)22)13-20-24-19(14-28-20)21(26)23-11-17-8-6-10-27-17/h4-5,7,9,14-15,17H,3,6,8,10-13H2,1-2H3,(H,23,26). The van der Waals surface area contributed by atoms with Crippen LogP contribution >= 0.6 is 0 Å². The van der Waals surface area contributed by atoms with Crippen molar-refractivity contribution in [2.75, 3.05) is 13.2 Å². The molecule has 0 spiro atoms. The van der Waals surface area contributed by atoms with Gasteiger partial charge in [0, 0.05) is 31.3 Å². The highest BCUT2D eigenvalue weighted by atomic mass is 19.1. The van der Waals surface area contributed by atoms with Gasteiger partial charge in [-0.25, -0.2) is 9.37 Å². The number of rotatable bonds is 9. The quantitative estimate of drug-likeness (QED) is 0.711. The lowest BCUT2D eigenvalue weighted by Gasteiger charge is -2.27. The number of ether oxygens (including phenoxy) is 1. The molecule has 7 heteroatoms. The molecule has 1 saturated heterocycles. The molecular weight excluding hydrogens is 361 g/mol.